The van der Waals surface area contributed by atoms with Gasteiger partial charge in [0.05, 0.1) is 10.3 Å². The van der Waals surface area contributed by atoms with Gasteiger partial charge >= 0.3 is 0 Å². The molecule has 2 aromatic carbocycles. The van der Waals surface area contributed by atoms with Crippen LogP contribution in [0.1, 0.15) is 0 Å². The molecule has 14 heavy (non-hydrogen) atoms. The number of nitro groups is 1. The molecule has 2 rings (SSSR count). The van der Waals surface area contributed by atoms with E-state index in [1.54, 1.807) is 18.2 Å². The van der Waals surface area contributed by atoms with Crippen LogP contribution in [0.5, 0.6) is 0 Å². The van der Waals surface area contributed by atoms with E-state index in [-0.39, 0.29) is 30.1 Å². The quantitative estimate of drug-likeness (QED) is 0.436. The van der Waals surface area contributed by atoms with Crippen LogP contribution in [0.15, 0.2) is 42.5 Å². The summed E-state index contributed by atoms with van der Waals surface area (Å²) < 4.78 is 0. The second-order valence-corrected chi connectivity index (χ2v) is 2.76. The Kier molecular flexibility index (Phi) is 3.31. The van der Waals surface area contributed by atoms with Crippen LogP contribution in [0.4, 0.5) is 5.69 Å². The zero-order valence-electron chi connectivity index (χ0n) is 7.51. The maximum atomic E-state index is 10.6. The van der Waals surface area contributed by atoms with E-state index in [1.165, 1.54) is 6.07 Å². The summed E-state index contributed by atoms with van der Waals surface area (Å²) in [6.45, 7) is 0. The Morgan fingerprint density at radius 3 is 2.36 bits per heavy atom. The van der Waals surface area contributed by atoms with Crippen LogP contribution in [0.25, 0.3) is 10.8 Å². The van der Waals surface area contributed by atoms with Gasteiger partial charge in [0, 0.05) is 25.5 Å². The molecule has 0 aliphatic carbocycles. The molecule has 0 aliphatic rings. The van der Waals surface area contributed by atoms with E-state index in [0.717, 1.165) is 5.39 Å². The van der Waals surface area contributed by atoms with Gasteiger partial charge in [-0.25, -0.2) is 0 Å². The van der Waals surface area contributed by atoms with E-state index in [4.69, 9.17) is 0 Å². The van der Waals surface area contributed by atoms with Crippen LogP contribution in [0, 0.1) is 10.1 Å². The molecule has 0 saturated carbocycles. The monoisotopic (exact) mass is 237 g/mol. The van der Waals surface area contributed by atoms with E-state index in [0.29, 0.717) is 5.39 Å². The summed E-state index contributed by atoms with van der Waals surface area (Å²) in [4.78, 5) is 10.3. The summed E-state index contributed by atoms with van der Waals surface area (Å²) in [5.74, 6) is 0. The average Bonchev–Trinajstić information content (AvgIpc) is 2.17. The zero-order chi connectivity index (χ0) is 9.26. The third-order valence-corrected chi connectivity index (χ3v) is 1.96. The minimum atomic E-state index is -0.359. The number of nitro benzene ring substituents is 1. The second-order valence-electron chi connectivity index (χ2n) is 2.76. The number of benzene rings is 2. The van der Waals surface area contributed by atoms with E-state index in [1.807, 2.05) is 18.2 Å². The standard InChI is InChI=1S/C10H7NO2.Zn/c12-11(13)10-7-3-5-8-4-1-2-6-9(8)10;/h1-7H;. The van der Waals surface area contributed by atoms with E-state index in [2.05, 4.69) is 0 Å². The zero-order valence-corrected chi connectivity index (χ0v) is 10.5. The van der Waals surface area contributed by atoms with Gasteiger partial charge in [-0.15, -0.1) is 0 Å². The first-order valence-electron chi connectivity index (χ1n) is 3.91. The van der Waals surface area contributed by atoms with Gasteiger partial charge in [0.2, 0.25) is 0 Å². The summed E-state index contributed by atoms with van der Waals surface area (Å²) in [5, 5.41) is 12.2. The number of rotatable bonds is 1. The van der Waals surface area contributed by atoms with Gasteiger partial charge < -0.3 is 0 Å². The molecule has 66 valence electrons. The van der Waals surface area contributed by atoms with Crippen LogP contribution in [0.3, 0.4) is 0 Å². The normalized spacial score (nSPS) is 9.43. The van der Waals surface area contributed by atoms with Crippen LogP contribution < -0.4 is 0 Å². The molecule has 0 unspecified atom stereocenters. The molecule has 0 saturated heterocycles. The summed E-state index contributed by atoms with van der Waals surface area (Å²) in [6.07, 6.45) is 0. The van der Waals surface area contributed by atoms with Gasteiger partial charge in [0.15, 0.2) is 0 Å². The van der Waals surface area contributed by atoms with Gasteiger partial charge in [-0.05, 0) is 11.5 Å². The van der Waals surface area contributed by atoms with E-state index < -0.39 is 0 Å². The molecule has 2 aromatic rings. The first kappa shape index (κ1) is 10.8. The first-order valence-corrected chi connectivity index (χ1v) is 3.91. The Bertz CT molecular complexity index is 465. The van der Waals surface area contributed by atoms with Crippen molar-refractivity contribution in [2.24, 2.45) is 0 Å². The van der Waals surface area contributed by atoms with Crippen LogP contribution >= 0.6 is 0 Å². The maximum Gasteiger partial charge on any atom is 0.277 e. The van der Waals surface area contributed by atoms with Crippen molar-refractivity contribution >= 4 is 16.5 Å². The largest absolute Gasteiger partial charge is 0.277 e. The number of non-ortho nitro benzene ring substituents is 1. The minimum Gasteiger partial charge on any atom is -0.258 e. The third kappa shape index (κ3) is 1.80. The average molecular weight is 239 g/mol. The molecule has 0 amide bonds. The Hall–Kier alpha value is -1.28. The van der Waals surface area contributed by atoms with Crippen molar-refractivity contribution in [3.05, 3.63) is 52.6 Å². The molecular formula is C10H7NO2Zn. The van der Waals surface area contributed by atoms with Crippen LogP contribution in [0.2, 0.25) is 0 Å². The molecule has 0 aromatic heterocycles. The topological polar surface area (TPSA) is 43.1 Å². The van der Waals surface area contributed by atoms with E-state index in [9.17, 15) is 10.1 Å². The molecule has 0 spiro atoms. The fraction of sp³-hybridized carbons (Fsp3) is 0. The summed E-state index contributed by atoms with van der Waals surface area (Å²) >= 11 is 0. The SMILES string of the molecule is O=[N+]([O-])c1cccc2ccccc12.[Zn]. The summed E-state index contributed by atoms with van der Waals surface area (Å²) in [5.41, 5.74) is 0.165. The molecule has 0 bridgehead atoms. The molecule has 3 nitrogen and oxygen atoms in total. The molecule has 0 N–H and O–H groups in total. The van der Waals surface area contributed by atoms with Gasteiger partial charge in [-0.1, -0.05) is 30.3 Å². The van der Waals surface area contributed by atoms with E-state index >= 15 is 0 Å². The predicted molar refractivity (Wildman–Crippen MR) is 50.6 cm³/mol. The van der Waals surface area contributed by atoms with Crippen molar-refractivity contribution in [1.82, 2.24) is 0 Å². The van der Waals surface area contributed by atoms with Gasteiger partial charge in [-0.2, -0.15) is 0 Å². The van der Waals surface area contributed by atoms with Gasteiger partial charge in [0.1, 0.15) is 0 Å². The number of nitrogens with zero attached hydrogens (tertiary/aromatic N) is 1. The summed E-state index contributed by atoms with van der Waals surface area (Å²) in [7, 11) is 0. The predicted octanol–water partition coefficient (Wildman–Crippen LogP) is 2.75. The first-order chi connectivity index (χ1) is 6.29. The van der Waals surface area contributed by atoms with Gasteiger partial charge in [-0.3, -0.25) is 10.1 Å². The third-order valence-electron chi connectivity index (χ3n) is 1.96. The fourth-order valence-electron chi connectivity index (χ4n) is 1.37. The van der Waals surface area contributed by atoms with Crippen molar-refractivity contribution in [3.63, 3.8) is 0 Å². The molecular weight excluding hydrogens is 232 g/mol. The van der Waals surface area contributed by atoms with Crippen molar-refractivity contribution < 1.29 is 24.4 Å². The second kappa shape index (κ2) is 4.29. The van der Waals surface area contributed by atoms with Crippen LogP contribution in [-0.4, -0.2) is 4.92 Å². The molecule has 0 fully saturated rings. The molecule has 0 radical (unpaired) electrons. The van der Waals surface area contributed by atoms with Crippen molar-refractivity contribution in [2.75, 3.05) is 0 Å². The smallest absolute Gasteiger partial charge is 0.258 e. The Morgan fingerprint density at radius 2 is 1.64 bits per heavy atom. The number of fused-ring (bicyclic) bond motifs is 1. The van der Waals surface area contributed by atoms with Crippen molar-refractivity contribution in [3.8, 4) is 0 Å². The number of hydrogen-bond acceptors (Lipinski definition) is 2. The Balaban J connectivity index is 0.000000980. The molecule has 0 heterocycles. The molecule has 0 atom stereocenters. The number of hydrogen-bond donors (Lipinski definition) is 0. The van der Waals surface area contributed by atoms with Crippen molar-refractivity contribution in [1.29, 1.82) is 0 Å². The Labute approximate surface area is 93.6 Å². The molecule has 4 heteroatoms. The summed E-state index contributed by atoms with van der Waals surface area (Å²) in [6, 6.07) is 12.4. The van der Waals surface area contributed by atoms with Crippen molar-refractivity contribution in [2.45, 2.75) is 0 Å². The van der Waals surface area contributed by atoms with Crippen LogP contribution in [-0.2, 0) is 19.5 Å². The fourth-order valence-corrected chi connectivity index (χ4v) is 1.37. The molecule has 0 aliphatic heterocycles. The Morgan fingerprint density at radius 1 is 1.00 bits per heavy atom. The minimum absolute atomic E-state index is 0. The van der Waals surface area contributed by atoms with Gasteiger partial charge in [0.25, 0.3) is 5.69 Å². The maximum absolute atomic E-state index is 10.6.